The zero-order chi connectivity index (χ0) is 16.7. The van der Waals surface area contributed by atoms with Gasteiger partial charge in [0, 0.05) is 31.0 Å². The Morgan fingerprint density at radius 1 is 1.25 bits per heavy atom. The van der Waals surface area contributed by atoms with Gasteiger partial charge in [-0.05, 0) is 51.8 Å². The van der Waals surface area contributed by atoms with E-state index in [9.17, 15) is 4.79 Å². The Labute approximate surface area is 142 Å². The van der Waals surface area contributed by atoms with E-state index in [1.807, 2.05) is 19.2 Å². The molecule has 2 aromatic rings. The minimum absolute atomic E-state index is 0.103. The van der Waals surface area contributed by atoms with Crippen molar-refractivity contribution in [1.82, 2.24) is 24.4 Å². The van der Waals surface area contributed by atoms with Crippen LogP contribution in [0.5, 0.6) is 0 Å². The number of hydrogen-bond donors (Lipinski definition) is 0. The van der Waals surface area contributed by atoms with Crippen LogP contribution in [0.1, 0.15) is 48.7 Å². The van der Waals surface area contributed by atoms with Crippen molar-refractivity contribution in [2.45, 2.75) is 51.6 Å². The molecule has 4 heterocycles. The molecule has 2 fully saturated rings. The highest BCUT2D eigenvalue weighted by Crippen LogP contribution is 2.31. The second-order valence-electron chi connectivity index (χ2n) is 6.89. The molecule has 2 saturated heterocycles. The minimum atomic E-state index is 0.103. The third-order valence-electron chi connectivity index (χ3n) is 5.61. The standard InChI is InChI=1S/C18H25N5O/c1-3-21-10-4-7-14(21)15-8-5-11-22(15)18(24)16-13(2)20-23-12-6-9-19-17(16)23/h6,9,12,14-15H,3-5,7-8,10-11H2,1-2H3/t14-,15-/m0/s1. The molecule has 6 heteroatoms. The fourth-order valence-electron chi connectivity index (χ4n) is 4.52. The lowest BCUT2D eigenvalue weighted by atomic mass is 10.0. The summed E-state index contributed by atoms with van der Waals surface area (Å²) in [5, 5.41) is 4.46. The molecule has 4 rings (SSSR count). The molecule has 0 aliphatic carbocycles. The number of carbonyl (C=O) groups is 1. The summed E-state index contributed by atoms with van der Waals surface area (Å²) in [5.74, 6) is 0.103. The van der Waals surface area contributed by atoms with Crippen LogP contribution in [0.15, 0.2) is 18.5 Å². The number of likely N-dealkylation sites (N-methyl/N-ethyl adjacent to an activating group) is 1. The first-order valence-electron chi connectivity index (χ1n) is 9.05. The molecule has 0 spiro atoms. The Balaban J connectivity index is 1.66. The van der Waals surface area contributed by atoms with Gasteiger partial charge in [-0.25, -0.2) is 9.50 Å². The first-order valence-corrected chi connectivity index (χ1v) is 9.05. The van der Waals surface area contributed by atoms with Gasteiger partial charge >= 0.3 is 0 Å². The van der Waals surface area contributed by atoms with E-state index in [0.29, 0.717) is 23.3 Å². The Bertz CT molecular complexity index is 755. The van der Waals surface area contributed by atoms with Crippen molar-refractivity contribution in [3.05, 3.63) is 29.7 Å². The molecule has 2 aliphatic heterocycles. The van der Waals surface area contributed by atoms with Crippen LogP contribution in [0.3, 0.4) is 0 Å². The molecule has 2 aliphatic rings. The minimum Gasteiger partial charge on any atom is -0.334 e. The molecule has 0 unspecified atom stereocenters. The summed E-state index contributed by atoms with van der Waals surface area (Å²) in [6.45, 7) is 7.21. The molecule has 2 aromatic heterocycles. The van der Waals surface area contributed by atoms with Crippen molar-refractivity contribution in [2.24, 2.45) is 0 Å². The van der Waals surface area contributed by atoms with Crippen LogP contribution >= 0.6 is 0 Å². The number of rotatable bonds is 3. The summed E-state index contributed by atoms with van der Waals surface area (Å²) in [7, 11) is 0. The van der Waals surface area contributed by atoms with E-state index in [0.717, 1.165) is 38.2 Å². The quantitative estimate of drug-likeness (QED) is 0.866. The van der Waals surface area contributed by atoms with Crippen LogP contribution in [0, 0.1) is 6.92 Å². The van der Waals surface area contributed by atoms with Crippen molar-refractivity contribution in [3.63, 3.8) is 0 Å². The van der Waals surface area contributed by atoms with Crippen LogP contribution in [0.2, 0.25) is 0 Å². The van der Waals surface area contributed by atoms with E-state index < -0.39 is 0 Å². The summed E-state index contributed by atoms with van der Waals surface area (Å²) >= 11 is 0. The van der Waals surface area contributed by atoms with E-state index in [1.165, 1.54) is 12.8 Å². The molecular weight excluding hydrogens is 302 g/mol. The van der Waals surface area contributed by atoms with E-state index in [-0.39, 0.29) is 5.91 Å². The predicted molar refractivity (Wildman–Crippen MR) is 92.1 cm³/mol. The zero-order valence-corrected chi connectivity index (χ0v) is 14.5. The van der Waals surface area contributed by atoms with Gasteiger partial charge in [0.2, 0.25) is 0 Å². The van der Waals surface area contributed by atoms with Crippen LogP contribution in [-0.2, 0) is 0 Å². The van der Waals surface area contributed by atoms with E-state index >= 15 is 0 Å². The second kappa shape index (κ2) is 6.16. The number of carbonyl (C=O) groups excluding carboxylic acids is 1. The molecule has 24 heavy (non-hydrogen) atoms. The molecule has 0 N–H and O–H groups in total. The number of hydrogen-bond acceptors (Lipinski definition) is 4. The fraction of sp³-hybridized carbons (Fsp3) is 0.611. The zero-order valence-electron chi connectivity index (χ0n) is 14.5. The highest BCUT2D eigenvalue weighted by molar-refractivity contribution is 6.01. The third kappa shape index (κ3) is 2.40. The van der Waals surface area contributed by atoms with Crippen LogP contribution in [0.4, 0.5) is 0 Å². The van der Waals surface area contributed by atoms with Gasteiger partial charge in [-0.2, -0.15) is 5.10 Å². The maximum absolute atomic E-state index is 13.3. The third-order valence-corrected chi connectivity index (χ3v) is 5.61. The van der Waals surface area contributed by atoms with Gasteiger partial charge in [-0.15, -0.1) is 0 Å². The van der Waals surface area contributed by atoms with Gasteiger partial charge in [0.1, 0.15) is 5.56 Å². The van der Waals surface area contributed by atoms with Crippen molar-refractivity contribution in [3.8, 4) is 0 Å². The summed E-state index contributed by atoms with van der Waals surface area (Å²) < 4.78 is 1.71. The molecule has 0 aromatic carbocycles. The van der Waals surface area contributed by atoms with Crippen LogP contribution in [-0.4, -0.2) is 62.0 Å². The number of aromatic nitrogens is 3. The molecule has 0 radical (unpaired) electrons. The second-order valence-corrected chi connectivity index (χ2v) is 6.89. The number of fused-ring (bicyclic) bond motifs is 1. The summed E-state index contributed by atoms with van der Waals surface area (Å²) in [6.07, 6.45) is 8.23. The molecule has 6 nitrogen and oxygen atoms in total. The number of aryl methyl sites for hydroxylation is 1. The number of amides is 1. The highest BCUT2D eigenvalue weighted by atomic mass is 16.2. The molecule has 2 atom stereocenters. The monoisotopic (exact) mass is 327 g/mol. The Morgan fingerprint density at radius 2 is 2.04 bits per heavy atom. The number of nitrogens with zero attached hydrogens (tertiary/aromatic N) is 5. The summed E-state index contributed by atoms with van der Waals surface area (Å²) in [4.78, 5) is 22.3. The lowest BCUT2D eigenvalue weighted by Gasteiger charge is -2.34. The topological polar surface area (TPSA) is 53.7 Å². The molecule has 0 bridgehead atoms. The largest absolute Gasteiger partial charge is 0.334 e. The molecule has 1 amide bonds. The Hall–Kier alpha value is -1.95. The smallest absolute Gasteiger partial charge is 0.259 e. The Kier molecular flexibility index (Phi) is 4.00. The molecule has 128 valence electrons. The highest BCUT2D eigenvalue weighted by Gasteiger charge is 2.40. The van der Waals surface area contributed by atoms with E-state index in [1.54, 1.807) is 10.7 Å². The summed E-state index contributed by atoms with van der Waals surface area (Å²) in [5.41, 5.74) is 2.11. The predicted octanol–water partition coefficient (Wildman–Crippen LogP) is 2.13. The average molecular weight is 327 g/mol. The van der Waals surface area contributed by atoms with Crippen molar-refractivity contribution in [1.29, 1.82) is 0 Å². The Morgan fingerprint density at radius 3 is 2.88 bits per heavy atom. The SMILES string of the molecule is CCN1CCC[C@H]1[C@@H]1CCCN1C(=O)c1c(C)nn2cccnc12. The summed E-state index contributed by atoms with van der Waals surface area (Å²) in [6, 6.07) is 2.68. The fourth-order valence-corrected chi connectivity index (χ4v) is 4.52. The molecular formula is C18H25N5O. The molecule has 0 saturated carbocycles. The number of likely N-dealkylation sites (tertiary alicyclic amines) is 2. The lowest BCUT2D eigenvalue weighted by molar-refractivity contribution is 0.0651. The lowest BCUT2D eigenvalue weighted by Crippen LogP contribution is -2.48. The van der Waals surface area contributed by atoms with Gasteiger partial charge in [0.25, 0.3) is 5.91 Å². The van der Waals surface area contributed by atoms with Gasteiger partial charge in [-0.3, -0.25) is 9.69 Å². The first kappa shape index (κ1) is 15.6. The van der Waals surface area contributed by atoms with E-state index in [2.05, 4.69) is 26.8 Å². The van der Waals surface area contributed by atoms with Crippen molar-refractivity contribution >= 4 is 11.6 Å². The van der Waals surface area contributed by atoms with E-state index in [4.69, 9.17) is 0 Å². The first-order chi connectivity index (χ1) is 11.7. The van der Waals surface area contributed by atoms with Crippen molar-refractivity contribution < 1.29 is 4.79 Å². The average Bonchev–Trinajstić information content (AvgIpc) is 3.30. The van der Waals surface area contributed by atoms with Gasteiger partial charge < -0.3 is 4.90 Å². The van der Waals surface area contributed by atoms with Gasteiger partial charge in [0.05, 0.1) is 5.69 Å². The maximum atomic E-state index is 13.3. The van der Waals surface area contributed by atoms with Gasteiger partial charge in [0.15, 0.2) is 5.65 Å². The van der Waals surface area contributed by atoms with Crippen LogP contribution < -0.4 is 0 Å². The maximum Gasteiger partial charge on any atom is 0.259 e. The van der Waals surface area contributed by atoms with Crippen LogP contribution in [0.25, 0.3) is 5.65 Å². The normalized spacial score (nSPS) is 25.0. The van der Waals surface area contributed by atoms with Crippen molar-refractivity contribution in [2.75, 3.05) is 19.6 Å². The van der Waals surface area contributed by atoms with Gasteiger partial charge in [-0.1, -0.05) is 6.92 Å².